The van der Waals surface area contributed by atoms with Crippen molar-refractivity contribution in [3.8, 4) is 184 Å². The lowest BCUT2D eigenvalue weighted by Gasteiger charge is -2.16. The molecular formula is C118H60N14. The highest BCUT2D eigenvalue weighted by atomic mass is 15.0. The summed E-state index contributed by atoms with van der Waals surface area (Å²) in [5.74, 6) is 0. The molecule has 0 unspecified atom stereocenters. The van der Waals surface area contributed by atoms with Gasteiger partial charge in [0.2, 0.25) is 0 Å². The molecule has 0 aliphatic heterocycles. The maximum absolute atomic E-state index is 11.4. The number of nitriles is 10. The van der Waals surface area contributed by atoms with Crippen molar-refractivity contribution in [2.75, 3.05) is 0 Å². The van der Waals surface area contributed by atoms with Gasteiger partial charge in [-0.3, -0.25) is 0 Å². The summed E-state index contributed by atoms with van der Waals surface area (Å²) in [6.07, 6.45) is 0. The predicted molar refractivity (Wildman–Crippen MR) is 520 cm³/mol. The maximum Gasteiger partial charge on any atom is 0.101 e. The molecule has 0 aliphatic rings. The van der Waals surface area contributed by atoms with Crippen molar-refractivity contribution in [1.29, 1.82) is 52.6 Å². The highest BCUT2D eigenvalue weighted by Crippen LogP contribution is 2.47. The van der Waals surface area contributed by atoms with Crippen molar-refractivity contribution in [2.24, 2.45) is 0 Å². The fourth-order valence-electron chi connectivity index (χ4n) is 19.4. The maximum atomic E-state index is 11.4. The van der Waals surface area contributed by atoms with Gasteiger partial charge in [-0.25, -0.2) is 0 Å². The minimum Gasteiger partial charge on any atom is -0.308 e. The zero-order valence-corrected chi connectivity index (χ0v) is 69.9. The molecule has 0 atom stereocenters. The van der Waals surface area contributed by atoms with E-state index in [0.717, 1.165) is 176 Å². The number of fused-ring (bicyclic) bond motifs is 12. The van der Waals surface area contributed by atoms with Crippen LogP contribution >= 0.6 is 0 Å². The van der Waals surface area contributed by atoms with Crippen LogP contribution in [-0.4, -0.2) is 18.3 Å². The average Bonchev–Trinajstić information content (AvgIpc) is 1.57. The summed E-state index contributed by atoms with van der Waals surface area (Å²) in [5, 5.41) is 115. The van der Waals surface area contributed by atoms with Crippen LogP contribution in [0.5, 0.6) is 0 Å². The number of benzene rings is 18. The summed E-state index contributed by atoms with van der Waals surface area (Å²) in [4.78, 5) is 0. The third-order valence-corrected chi connectivity index (χ3v) is 25.7. The topological polar surface area (TPSA) is 258 Å². The highest BCUT2D eigenvalue weighted by Gasteiger charge is 2.27. The first kappa shape index (κ1) is 78.1. The number of hydrogen-bond donors (Lipinski definition) is 0. The Bertz CT molecular complexity index is 9220. The quantitative estimate of drug-likeness (QED) is 0.105. The van der Waals surface area contributed by atoms with Crippen molar-refractivity contribution in [3.05, 3.63) is 420 Å². The second-order valence-corrected chi connectivity index (χ2v) is 32.5. The van der Waals surface area contributed by atoms with Gasteiger partial charge in [-0.1, -0.05) is 212 Å². The third kappa shape index (κ3) is 12.6. The Morgan fingerprint density at radius 3 is 0.682 bits per heavy atom. The second kappa shape index (κ2) is 31.7. The molecule has 22 aromatic rings. The van der Waals surface area contributed by atoms with E-state index >= 15 is 0 Å². The zero-order valence-electron chi connectivity index (χ0n) is 69.9. The molecule has 132 heavy (non-hydrogen) atoms. The molecule has 18 aromatic carbocycles. The van der Waals surface area contributed by atoms with Gasteiger partial charge < -0.3 is 18.3 Å². The van der Waals surface area contributed by atoms with Gasteiger partial charge >= 0.3 is 0 Å². The smallest absolute Gasteiger partial charge is 0.101 e. The molecule has 4 heterocycles. The first-order valence-electron chi connectivity index (χ1n) is 42.5. The van der Waals surface area contributed by atoms with E-state index in [9.17, 15) is 52.6 Å². The number of nitrogens with zero attached hydrogens (tertiary/aromatic N) is 14. The van der Waals surface area contributed by atoms with Gasteiger partial charge in [-0.05, 0) is 246 Å². The van der Waals surface area contributed by atoms with E-state index in [2.05, 4.69) is 152 Å². The molecule has 0 N–H and O–H groups in total. The Morgan fingerprint density at radius 1 is 0.129 bits per heavy atom. The van der Waals surface area contributed by atoms with Crippen LogP contribution in [0, 0.1) is 113 Å². The molecule has 14 nitrogen and oxygen atoms in total. The molecule has 0 fully saturated rings. The van der Waals surface area contributed by atoms with Crippen molar-refractivity contribution in [2.45, 2.75) is 0 Å². The summed E-state index contributed by atoms with van der Waals surface area (Å²) in [5.41, 5.74) is 27.3. The van der Waals surface area contributed by atoms with Crippen LogP contribution in [-0.2, 0) is 0 Å². The van der Waals surface area contributed by atoms with Crippen LogP contribution < -0.4 is 0 Å². The zero-order chi connectivity index (χ0) is 89.5. The molecule has 0 radical (unpaired) electrons. The molecule has 602 valence electrons. The lowest BCUT2D eigenvalue weighted by molar-refractivity contribution is 1.16. The Kier molecular flexibility index (Phi) is 18.7. The van der Waals surface area contributed by atoms with Gasteiger partial charge in [0.15, 0.2) is 0 Å². The summed E-state index contributed by atoms with van der Waals surface area (Å²) in [6.45, 7) is 0. The minimum absolute atomic E-state index is 0.356. The van der Waals surface area contributed by atoms with E-state index in [-0.39, 0.29) is 0 Å². The van der Waals surface area contributed by atoms with Crippen LogP contribution in [0.15, 0.2) is 364 Å². The molecule has 14 heteroatoms. The molecule has 0 saturated heterocycles. The first-order valence-corrected chi connectivity index (χ1v) is 42.5. The first-order chi connectivity index (χ1) is 65.0. The third-order valence-electron chi connectivity index (χ3n) is 25.7. The SMILES string of the molecule is N#Cc1ccccc1-c1ccc2c(c1)c1ccccc1n2-c1cc(-c2ccc(C#N)c(-n3c4ccccc4c4cc(-c5cc(-c6ccc(-c7ccc8c9ccc(-c%10ccccc%10C#N)cc9n(-c9cc(-c%10ccc(C#N)c(-n%11c%12cc(-c%13ccccc%13C#N)ccc%12c%12ccc(-c%13ccccc%13C#N)cc%12%11)c%10)ccc9C#N)c8c7)c(C#N)c6)ccc5C#N)ccc43)c2)ccc1C#N. The highest BCUT2D eigenvalue weighted by molar-refractivity contribution is 6.16. The number of para-hydroxylation sites is 2. The predicted octanol–water partition coefficient (Wildman–Crippen LogP) is 27.8. The summed E-state index contributed by atoms with van der Waals surface area (Å²) >= 11 is 0. The second-order valence-electron chi connectivity index (χ2n) is 32.5. The monoisotopic (exact) mass is 1670 g/mol. The molecule has 0 amide bonds. The molecule has 4 aromatic heterocycles. The average molecular weight is 1670 g/mol. The Morgan fingerprint density at radius 2 is 0.348 bits per heavy atom. The van der Waals surface area contributed by atoms with E-state index in [1.54, 1.807) is 18.2 Å². The summed E-state index contributed by atoms with van der Waals surface area (Å²) < 4.78 is 8.41. The van der Waals surface area contributed by atoms with Crippen molar-refractivity contribution in [1.82, 2.24) is 18.3 Å². The number of hydrogen-bond acceptors (Lipinski definition) is 10. The van der Waals surface area contributed by atoms with Crippen molar-refractivity contribution < 1.29 is 0 Å². The minimum atomic E-state index is 0.356. The van der Waals surface area contributed by atoms with Gasteiger partial charge in [0.1, 0.15) is 24.3 Å². The van der Waals surface area contributed by atoms with Crippen LogP contribution in [0.2, 0.25) is 0 Å². The van der Waals surface area contributed by atoms with Gasteiger partial charge in [0, 0.05) is 48.7 Å². The van der Waals surface area contributed by atoms with Crippen LogP contribution in [0.3, 0.4) is 0 Å². The molecule has 0 aliphatic carbocycles. The van der Waals surface area contributed by atoms with Crippen molar-refractivity contribution in [3.63, 3.8) is 0 Å². The molecule has 0 saturated carbocycles. The summed E-state index contributed by atoms with van der Waals surface area (Å²) in [7, 11) is 0. The van der Waals surface area contributed by atoms with Crippen molar-refractivity contribution >= 4 is 87.2 Å². The molecular weight excluding hydrogens is 1610 g/mol. The summed E-state index contributed by atoms with van der Waals surface area (Å²) in [6, 6.07) is 142. The van der Waals surface area contributed by atoms with E-state index in [0.29, 0.717) is 89.5 Å². The Labute approximate surface area is 756 Å². The van der Waals surface area contributed by atoms with Gasteiger partial charge in [-0.15, -0.1) is 0 Å². The standard InChI is InChI=1S/C118H60N14/c119-61-83-13-1-5-17-93(83)77-40-47-109-105(51-77)98-21-9-11-23-107(98)129(109)111-53-73(26-31-88(111)66-124)74-27-32-89(67-125)112(54-74)130-108-24-12-10-22-99(108)106-52-78(41-48-110(106)130)104-50-72(25-30-87(104)65-123)71-35-42-97(92(49-71)70-128)82-39-46-103-102-45-38-81(96-20-8-4-16-86(96)64-122)59-117(102)132(118(103)60-82)114-56-76(29-34-91(114)69-127)75-28-33-90(68-126)113(55-75)131-115-57-79(94-18-6-2-14-84(94)62-120)36-43-100(115)101-44-37-80(58-116(101)131)95-19-7-3-15-85(95)63-121/h1-60H. The fourth-order valence-corrected chi connectivity index (χ4v) is 19.4. The van der Waals surface area contributed by atoms with Crippen LogP contribution in [0.25, 0.3) is 210 Å². The largest absolute Gasteiger partial charge is 0.308 e. The van der Waals surface area contributed by atoms with E-state index in [1.165, 1.54) is 0 Å². The van der Waals surface area contributed by atoms with Gasteiger partial charge in [0.05, 0.1) is 159 Å². The van der Waals surface area contributed by atoms with E-state index in [4.69, 9.17) is 0 Å². The fraction of sp³-hybridized carbons (Fsp3) is 0. The van der Waals surface area contributed by atoms with Gasteiger partial charge in [0.25, 0.3) is 0 Å². The molecule has 0 spiro atoms. The lowest BCUT2D eigenvalue weighted by atomic mass is 9.91. The number of rotatable bonds is 13. The van der Waals surface area contributed by atoms with E-state index in [1.807, 2.05) is 273 Å². The van der Waals surface area contributed by atoms with Gasteiger partial charge in [-0.2, -0.15) is 52.6 Å². The Hall–Kier alpha value is -19.9. The Balaban J connectivity index is 0.638. The van der Waals surface area contributed by atoms with Crippen LogP contribution in [0.1, 0.15) is 55.6 Å². The molecule has 0 bridgehead atoms. The van der Waals surface area contributed by atoms with E-state index < -0.39 is 0 Å². The molecule has 22 rings (SSSR count). The normalized spacial score (nSPS) is 11.1. The lowest BCUT2D eigenvalue weighted by Crippen LogP contribution is -2.01. The number of aromatic nitrogens is 4. The van der Waals surface area contributed by atoms with Crippen LogP contribution in [0.4, 0.5) is 0 Å².